The molecule has 0 unspecified atom stereocenters. The van der Waals surface area contributed by atoms with Crippen LogP contribution in [0.3, 0.4) is 0 Å². The molecule has 20 heavy (non-hydrogen) atoms. The molecule has 0 N–H and O–H groups in total. The monoisotopic (exact) mass is 345 g/mol. The van der Waals surface area contributed by atoms with Gasteiger partial charge in [-0.15, -0.1) is 0 Å². The number of nitrogens with zero attached hydrogens (tertiary/aromatic N) is 1. The highest BCUT2D eigenvalue weighted by atomic mass is 79.9. The Labute approximate surface area is 123 Å². The Kier molecular flexibility index (Phi) is 5.51. The number of halogens is 1. The van der Waals surface area contributed by atoms with Crippen molar-refractivity contribution in [1.82, 2.24) is 0 Å². The summed E-state index contributed by atoms with van der Waals surface area (Å²) < 4.78 is 14.6. The maximum absolute atomic E-state index is 11.3. The normalized spacial score (nSPS) is 10.9. The van der Waals surface area contributed by atoms with E-state index in [1.807, 2.05) is 0 Å². The number of hydrogen-bond acceptors (Lipinski definition) is 6. The van der Waals surface area contributed by atoms with Crippen molar-refractivity contribution < 1.29 is 23.9 Å². The molecule has 0 aliphatic heterocycles. The van der Waals surface area contributed by atoms with Gasteiger partial charge in [-0.1, -0.05) is 0 Å². The van der Waals surface area contributed by atoms with Crippen molar-refractivity contribution in [2.24, 2.45) is 0 Å². The number of rotatable bonds is 5. The van der Waals surface area contributed by atoms with E-state index in [1.165, 1.54) is 39.5 Å². The number of benzene rings is 1. The first-order valence-electron chi connectivity index (χ1n) is 5.30. The van der Waals surface area contributed by atoms with Gasteiger partial charge in [-0.3, -0.25) is 10.1 Å². The fraction of sp³-hybridized carbons (Fsp3) is 0.250. The third kappa shape index (κ3) is 3.47. The first-order chi connectivity index (χ1) is 9.44. The molecule has 108 valence electrons. The standard InChI is InChI=1S/C12H12BrNO6/c1-18-10-5-7(4-8(13)12(15)20-3)9(14(16)17)6-11(10)19-2/h4-6H,1-3H3/b8-4+. The van der Waals surface area contributed by atoms with E-state index < -0.39 is 10.9 Å². The van der Waals surface area contributed by atoms with Crippen molar-refractivity contribution >= 4 is 33.7 Å². The Balaban J connectivity index is 3.44. The van der Waals surface area contributed by atoms with Gasteiger partial charge in [0.25, 0.3) is 5.69 Å². The van der Waals surface area contributed by atoms with Crippen molar-refractivity contribution in [2.45, 2.75) is 0 Å². The molecule has 0 heterocycles. The van der Waals surface area contributed by atoms with Gasteiger partial charge in [-0.25, -0.2) is 4.79 Å². The highest BCUT2D eigenvalue weighted by Gasteiger charge is 2.19. The van der Waals surface area contributed by atoms with E-state index in [-0.39, 0.29) is 21.5 Å². The van der Waals surface area contributed by atoms with E-state index >= 15 is 0 Å². The quantitative estimate of drug-likeness (QED) is 0.352. The molecular weight excluding hydrogens is 334 g/mol. The number of esters is 1. The molecule has 0 amide bonds. The highest BCUT2D eigenvalue weighted by molar-refractivity contribution is 9.12. The number of carbonyl (C=O) groups is 1. The SMILES string of the molecule is COC(=O)/C(Br)=C\c1cc(OC)c(OC)cc1[N+](=O)[O-]. The van der Waals surface area contributed by atoms with Crippen LogP contribution in [0, 0.1) is 10.1 Å². The summed E-state index contributed by atoms with van der Waals surface area (Å²) in [6.07, 6.45) is 1.28. The predicted octanol–water partition coefficient (Wildman–Crippen LogP) is 2.52. The third-order valence-electron chi connectivity index (χ3n) is 2.39. The first-order valence-corrected chi connectivity index (χ1v) is 6.09. The summed E-state index contributed by atoms with van der Waals surface area (Å²) in [5, 5.41) is 11.1. The largest absolute Gasteiger partial charge is 0.493 e. The van der Waals surface area contributed by atoms with Gasteiger partial charge in [0.15, 0.2) is 11.5 Å². The molecular formula is C12H12BrNO6. The van der Waals surface area contributed by atoms with Crippen molar-refractivity contribution in [3.63, 3.8) is 0 Å². The van der Waals surface area contributed by atoms with Gasteiger partial charge in [0, 0.05) is 0 Å². The van der Waals surface area contributed by atoms with Crippen molar-refractivity contribution in [1.29, 1.82) is 0 Å². The molecule has 0 aliphatic carbocycles. The molecule has 1 rings (SSSR count). The molecule has 8 heteroatoms. The van der Waals surface area contributed by atoms with E-state index in [0.717, 1.165) is 0 Å². The summed E-state index contributed by atoms with van der Waals surface area (Å²) in [6.45, 7) is 0. The Morgan fingerprint density at radius 2 is 1.80 bits per heavy atom. The maximum atomic E-state index is 11.3. The second-order valence-corrected chi connectivity index (χ2v) is 4.36. The minimum Gasteiger partial charge on any atom is -0.493 e. The summed E-state index contributed by atoms with van der Waals surface area (Å²) >= 11 is 3.00. The Bertz CT molecular complexity index is 569. The summed E-state index contributed by atoms with van der Waals surface area (Å²) in [6, 6.07) is 2.63. The topological polar surface area (TPSA) is 87.9 Å². The number of carbonyl (C=O) groups excluding carboxylic acids is 1. The first kappa shape index (κ1) is 16.0. The smallest absolute Gasteiger partial charge is 0.344 e. The van der Waals surface area contributed by atoms with Crippen molar-refractivity contribution in [2.75, 3.05) is 21.3 Å². The van der Waals surface area contributed by atoms with Crippen LogP contribution < -0.4 is 9.47 Å². The van der Waals surface area contributed by atoms with Gasteiger partial charge >= 0.3 is 5.97 Å². The second-order valence-electron chi connectivity index (χ2n) is 3.51. The van der Waals surface area contributed by atoms with Gasteiger partial charge in [0.1, 0.15) is 4.48 Å². The van der Waals surface area contributed by atoms with E-state index in [1.54, 1.807) is 0 Å². The maximum Gasteiger partial charge on any atom is 0.344 e. The molecule has 0 saturated carbocycles. The summed E-state index contributed by atoms with van der Waals surface area (Å²) in [7, 11) is 3.99. The van der Waals surface area contributed by atoms with Crippen LogP contribution >= 0.6 is 15.9 Å². The zero-order valence-electron chi connectivity index (χ0n) is 11.0. The number of hydrogen-bond donors (Lipinski definition) is 0. The van der Waals surface area contributed by atoms with Crippen LogP contribution in [0.15, 0.2) is 16.6 Å². The molecule has 7 nitrogen and oxygen atoms in total. The fourth-order valence-electron chi connectivity index (χ4n) is 1.45. The molecule has 0 aromatic heterocycles. The van der Waals surface area contributed by atoms with Gasteiger partial charge in [0.2, 0.25) is 0 Å². The zero-order chi connectivity index (χ0) is 15.3. The molecule has 0 spiro atoms. The minimum absolute atomic E-state index is 0.0512. The van der Waals surface area contributed by atoms with Crippen LogP contribution in [0.4, 0.5) is 5.69 Å². The molecule has 0 atom stereocenters. The third-order valence-corrected chi connectivity index (χ3v) is 2.94. The van der Waals surface area contributed by atoms with Crippen LogP contribution in [0.1, 0.15) is 5.56 Å². The molecule has 0 bridgehead atoms. The second kappa shape index (κ2) is 6.90. The lowest BCUT2D eigenvalue weighted by Crippen LogP contribution is -2.00. The molecule has 0 saturated heterocycles. The minimum atomic E-state index is -0.644. The van der Waals surface area contributed by atoms with Crippen molar-refractivity contribution in [3.8, 4) is 11.5 Å². The fourth-order valence-corrected chi connectivity index (χ4v) is 1.86. The Hall–Kier alpha value is -2.09. The van der Waals surface area contributed by atoms with Crippen LogP contribution in [0.25, 0.3) is 6.08 Å². The molecule has 0 fully saturated rings. The lowest BCUT2D eigenvalue weighted by Gasteiger charge is -2.09. The van der Waals surface area contributed by atoms with Gasteiger partial charge < -0.3 is 14.2 Å². The number of nitro groups is 1. The average molecular weight is 346 g/mol. The van der Waals surface area contributed by atoms with E-state index in [4.69, 9.17) is 9.47 Å². The van der Waals surface area contributed by atoms with E-state index in [0.29, 0.717) is 5.75 Å². The van der Waals surface area contributed by atoms with Gasteiger partial charge in [0.05, 0.1) is 37.9 Å². The molecule has 1 aromatic rings. The summed E-state index contributed by atoms with van der Waals surface area (Å²) in [4.78, 5) is 21.8. The van der Waals surface area contributed by atoms with E-state index in [9.17, 15) is 14.9 Å². The Morgan fingerprint density at radius 3 is 2.25 bits per heavy atom. The van der Waals surface area contributed by atoms with Crippen LogP contribution in [0.5, 0.6) is 11.5 Å². The average Bonchev–Trinajstić information content (AvgIpc) is 2.45. The summed E-state index contributed by atoms with van der Waals surface area (Å²) in [5.74, 6) is -0.103. The van der Waals surface area contributed by atoms with Crippen molar-refractivity contribution in [3.05, 3.63) is 32.3 Å². The van der Waals surface area contributed by atoms with Gasteiger partial charge in [-0.2, -0.15) is 0 Å². The number of ether oxygens (including phenoxy) is 3. The lowest BCUT2D eigenvalue weighted by molar-refractivity contribution is -0.385. The number of nitro benzene ring substituents is 1. The van der Waals surface area contributed by atoms with Crippen LogP contribution in [-0.2, 0) is 9.53 Å². The summed E-state index contributed by atoms with van der Waals surface area (Å²) in [5.41, 5.74) is -0.0339. The highest BCUT2D eigenvalue weighted by Crippen LogP contribution is 2.35. The Morgan fingerprint density at radius 1 is 1.25 bits per heavy atom. The predicted molar refractivity (Wildman–Crippen MR) is 75.1 cm³/mol. The van der Waals surface area contributed by atoms with Crippen LogP contribution in [0.2, 0.25) is 0 Å². The molecule has 1 aromatic carbocycles. The molecule has 0 radical (unpaired) electrons. The lowest BCUT2D eigenvalue weighted by atomic mass is 10.1. The van der Waals surface area contributed by atoms with Crippen LogP contribution in [-0.4, -0.2) is 32.2 Å². The zero-order valence-corrected chi connectivity index (χ0v) is 12.6. The molecule has 0 aliphatic rings. The van der Waals surface area contributed by atoms with E-state index in [2.05, 4.69) is 20.7 Å². The number of methoxy groups -OCH3 is 3. The van der Waals surface area contributed by atoms with Gasteiger partial charge in [-0.05, 0) is 28.1 Å².